The van der Waals surface area contributed by atoms with Crippen LogP contribution in [-0.2, 0) is 14.4 Å². The summed E-state index contributed by atoms with van der Waals surface area (Å²) in [6.45, 7) is 1.79. The van der Waals surface area contributed by atoms with E-state index in [1.54, 1.807) is 6.92 Å². The average molecular weight is 257 g/mol. The molecule has 0 spiro atoms. The predicted molar refractivity (Wildman–Crippen MR) is 62.9 cm³/mol. The minimum atomic E-state index is -1.11. The lowest BCUT2D eigenvalue weighted by molar-refractivity contribution is -0.143. The van der Waals surface area contributed by atoms with Crippen molar-refractivity contribution in [3.8, 4) is 0 Å². The van der Waals surface area contributed by atoms with E-state index in [1.807, 2.05) is 0 Å². The Labute approximate surface area is 105 Å². The van der Waals surface area contributed by atoms with Crippen LogP contribution in [-0.4, -0.2) is 34.1 Å². The van der Waals surface area contributed by atoms with Gasteiger partial charge in [-0.1, -0.05) is 6.92 Å². The number of hydrogen-bond donors (Lipinski definition) is 3. The first-order valence-electron chi connectivity index (χ1n) is 6.16. The molecular weight excluding hydrogens is 238 g/mol. The van der Waals surface area contributed by atoms with Gasteiger partial charge in [0.2, 0.25) is 5.91 Å². The second-order valence-electron chi connectivity index (χ2n) is 4.81. The molecule has 6 nitrogen and oxygen atoms in total. The van der Waals surface area contributed by atoms with Gasteiger partial charge in [-0.2, -0.15) is 0 Å². The van der Waals surface area contributed by atoms with Crippen LogP contribution >= 0.6 is 0 Å². The quantitative estimate of drug-likeness (QED) is 0.598. The number of hydrogen-bond acceptors (Lipinski definition) is 3. The fourth-order valence-electron chi connectivity index (χ4n) is 1.83. The van der Waals surface area contributed by atoms with Crippen molar-refractivity contribution in [1.82, 2.24) is 5.32 Å². The minimum absolute atomic E-state index is 0.0855. The topological polar surface area (TPSA) is 104 Å². The Morgan fingerprint density at radius 1 is 1.28 bits per heavy atom. The van der Waals surface area contributed by atoms with Crippen LogP contribution in [0.2, 0.25) is 0 Å². The van der Waals surface area contributed by atoms with Gasteiger partial charge in [0.25, 0.3) is 0 Å². The molecule has 0 saturated heterocycles. The van der Waals surface area contributed by atoms with Crippen molar-refractivity contribution in [3.05, 3.63) is 0 Å². The minimum Gasteiger partial charge on any atom is -0.481 e. The van der Waals surface area contributed by atoms with Crippen LogP contribution in [0.3, 0.4) is 0 Å². The number of amides is 1. The number of carboxylic acid groups (broad SMARTS) is 2. The largest absolute Gasteiger partial charge is 0.481 e. The normalized spacial score (nSPS) is 17.8. The van der Waals surface area contributed by atoms with E-state index in [-0.39, 0.29) is 31.1 Å². The Morgan fingerprint density at radius 3 is 2.33 bits per heavy atom. The summed E-state index contributed by atoms with van der Waals surface area (Å²) in [6, 6.07) is -0.988. The third-order valence-electron chi connectivity index (χ3n) is 3.24. The zero-order valence-electron chi connectivity index (χ0n) is 10.4. The van der Waals surface area contributed by atoms with Crippen LogP contribution in [0.25, 0.3) is 0 Å². The van der Waals surface area contributed by atoms with E-state index in [2.05, 4.69) is 5.32 Å². The third kappa shape index (κ3) is 4.73. The van der Waals surface area contributed by atoms with Crippen LogP contribution < -0.4 is 5.32 Å². The third-order valence-corrected chi connectivity index (χ3v) is 3.24. The molecule has 0 aromatic rings. The molecule has 1 rings (SSSR count). The molecule has 0 bridgehead atoms. The van der Waals surface area contributed by atoms with Gasteiger partial charge in [-0.05, 0) is 31.6 Å². The van der Waals surface area contributed by atoms with Crippen molar-refractivity contribution >= 4 is 17.8 Å². The summed E-state index contributed by atoms with van der Waals surface area (Å²) < 4.78 is 0. The highest BCUT2D eigenvalue weighted by molar-refractivity contribution is 5.85. The van der Waals surface area contributed by atoms with Crippen molar-refractivity contribution in [3.63, 3.8) is 0 Å². The molecule has 1 fully saturated rings. The van der Waals surface area contributed by atoms with Crippen LogP contribution in [0.1, 0.15) is 39.0 Å². The van der Waals surface area contributed by atoms with Gasteiger partial charge in [0, 0.05) is 12.3 Å². The van der Waals surface area contributed by atoms with Crippen molar-refractivity contribution < 1.29 is 24.6 Å². The van der Waals surface area contributed by atoms with Gasteiger partial charge in [0.1, 0.15) is 6.04 Å². The maximum absolute atomic E-state index is 11.7. The van der Waals surface area contributed by atoms with Crippen LogP contribution in [0.5, 0.6) is 0 Å². The maximum atomic E-state index is 11.7. The predicted octanol–water partition coefficient (Wildman–Crippen LogP) is 0.857. The van der Waals surface area contributed by atoms with Crippen LogP contribution in [0.15, 0.2) is 0 Å². The number of carbonyl (C=O) groups is 3. The average Bonchev–Trinajstić information content (AvgIpc) is 3.09. The van der Waals surface area contributed by atoms with Crippen molar-refractivity contribution in [1.29, 1.82) is 0 Å². The first-order chi connectivity index (χ1) is 8.41. The Hall–Kier alpha value is -1.59. The second-order valence-corrected chi connectivity index (χ2v) is 4.81. The van der Waals surface area contributed by atoms with Gasteiger partial charge < -0.3 is 15.5 Å². The van der Waals surface area contributed by atoms with Crippen molar-refractivity contribution in [2.45, 2.75) is 45.1 Å². The molecule has 1 amide bonds. The monoisotopic (exact) mass is 257 g/mol. The van der Waals surface area contributed by atoms with Crippen molar-refractivity contribution in [2.75, 3.05) is 0 Å². The molecule has 0 heterocycles. The number of nitrogens with one attached hydrogen (secondary N) is 1. The fourth-order valence-corrected chi connectivity index (χ4v) is 1.83. The van der Waals surface area contributed by atoms with E-state index in [1.165, 1.54) is 0 Å². The second kappa shape index (κ2) is 6.37. The first kappa shape index (κ1) is 14.5. The molecule has 2 atom stereocenters. The number of carbonyl (C=O) groups excluding carboxylic acids is 1. The molecule has 1 unspecified atom stereocenters. The highest BCUT2D eigenvalue weighted by Crippen LogP contribution is 2.36. The van der Waals surface area contributed by atoms with Gasteiger partial charge >= 0.3 is 11.9 Å². The zero-order valence-corrected chi connectivity index (χ0v) is 10.4. The molecule has 0 aromatic carbocycles. The van der Waals surface area contributed by atoms with Gasteiger partial charge in [-0.3, -0.25) is 9.59 Å². The molecule has 6 heteroatoms. The highest BCUT2D eigenvalue weighted by Gasteiger charge is 2.34. The molecule has 102 valence electrons. The fraction of sp³-hybridized carbons (Fsp3) is 0.750. The summed E-state index contributed by atoms with van der Waals surface area (Å²) in [6.07, 6.45) is 2.34. The van der Waals surface area contributed by atoms with E-state index >= 15 is 0 Å². The van der Waals surface area contributed by atoms with Gasteiger partial charge in [-0.15, -0.1) is 0 Å². The number of rotatable bonds is 8. The Balaban J connectivity index is 2.38. The SMILES string of the molecule is CC(C(=O)N[C@H](CCCC(=O)O)C(=O)O)C1CC1. The Bertz CT molecular complexity index is 337. The van der Waals surface area contributed by atoms with Crippen LogP contribution in [0, 0.1) is 11.8 Å². The van der Waals surface area contributed by atoms with E-state index < -0.39 is 18.0 Å². The van der Waals surface area contributed by atoms with E-state index in [0.717, 1.165) is 12.8 Å². The van der Waals surface area contributed by atoms with Crippen LogP contribution in [0.4, 0.5) is 0 Å². The lowest BCUT2D eigenvalue weighted by Crippen LogP contribution is -2.43. The number of carboxylic acids is 2. The van der Waals surface area contributed by atoms with Gasteiger partial charge in [0.05, 0.1) is 0 Å². The molecule has 0 aromatic heterocycles. The van der Waals surface area contributed by atoms with Gasteiger partial charge in [-0.25, -0.2) is 4.79 Å². The number of aliphatic carboxylic acids is 2. The molecule has 1 saturated carbocycles. The lowest BCUT2D eigenvalue weighted by Gasteiger charge is -2.17. The van der Waals surface area contributed by atoms with E-state index in [4.69, 9.17) is 10.2 Å². The maximum Gasteiger partial charge on any atom is 0.326 e. The van der Waals surface area contributed by atoms with E-state index in [9.17, 15) is 14.4 Å². The summed E-state index contributed by atoms with van der Waals surface area (Å²) in [4.78, 5) is 33.0. The van der Waals surface area contributed by atoms with Gasteiger partial charge in [0.15, 0.2) is 0 Å². The Kier molecular flexibility index (Phi) is 5.12. The first-order valence-corrected chi connectivity index (χ1v) is 6.16. The summed E-state index contributed by atoms with van der Waals surface area (Å²) >= 11 is 0. The van der Waals surface area contributed by atoms with E-state index in [0.29, 0.717) is 5.92 Å². The molecule has 0 aliphatic heterocycles. The molecule has 1 aliphatic carbocycles. The Morgan fingerprint density at radius 2 is 1.89 bits per heavy atom. The van der Waals surface area contributed by atoms with Crippen molar-refractivity contribution in [2.24, 2.45) is 11.8 Å². The molecule has 3 N–H and O–H groups in total. The summed E-state index contributed by atoms with van der Waals surface area (Å²) in [5, 5.41) is 19.9. The zero-order chi connectivity index (χ0) is 13.7. The highest BCUT2D eigenvalue weighted by atomic mass is 16.4. The standard InChI is InChI=1S/C12H19NO5/c1-7(8-5-6-8)11(16)13-9(12(17)18)3-2-4-10(14)15/h7-9H,2-6H2,1H3,(H,13,16)(H,14,15)(H,17,18)/t7?,9-/m1/s1. The molecule has 0 radical (unpaired) electrons. The summed E-state index contributed by atoms with van der Waals surface area (Å²) in [7, 11) is 0. The lowest BCUT2D eigenvalue weighted by atomic mass is 10.0. The molecular formula is C12H19NO5. The summed E-state index contributed by atoms with van der Waals surface area (Å²) in [5.41, 5.74) is 0. The molecule has 1 aliphatic rings. The molecule has 18 heavy (non-hydrogen) atoms. The summed E-state index contributed by atoms with van der Waals surface area (Å²) in [5.74, 6) is -2.11. The smallest absolute Gasteiger partial charge is 0.326 e.